The van der Waals surface area contributed by atoms with Crippen LogP contribution in [0.3, 0.4) is 0 Å². The number of carbonyl (C=O) groups is 3. The summed E-state index contributed by atoms with van der Waals surface area (Å²) >= 11 is 0. The number of ether oxygens (including phenoxy) is 1. The van der Waals surface area contributed by atoms with Gasteiger partial charge in [0.05, 0.1) is 12.2 Å². The maximum atomic E-state index is 13.3. The maximum Gasteiger partial charge on any atom is 0.338 e. The molecule has 1 N–H and O–H groups in total. The molecule has 0 atom stereocenters. The lowest BCUT2D eigenvalue weighted by atomic mass is 10.1. The summed E-state index contributed by atoms with van der Waals surface area (Å²) in [7, 11) is 0. The Hall–Kier alpha value is -3.74. The predicted molar refractivity (Wildman–Crippen MR) is 116 cm³/mol. The van der Waals surface area contributed by atoms with Gasteiger partial charge in [-0.3, -0.25) is 9.59 Å². The molecule has 3 rings (SSSR count). The number of rotatable bonds is 7. The number of anilines is 1. The Morgan fingerprint density at radius 3 is 2.26 bits per heavy atom. The second-order valence-electron chi connectivity index (χ2n) is 7.02. The molecule has 0 radical (unpaired) electrons. The summed E-state index contributed by atoms with van der Waals surface area (Å²) < 4.78 is 20.0. The van der Waals surface area contributed by atoms with Crippen molar-refractivity contribution < 1.29 is 23.5 Å². The van der Waals surface area contributed by atoms with E-state index in [0.29, 0.717) is 33.8 Å². The summed E-state index contributed by atoms with van der Waals surface area (Å²) in [6, 6.07) is 14.0. The fraction of sp³-hybridized carbons (Fsp3) is 0.208. The molecule has 2 aromatic carbocycles. The normalized spacial score (nSPS) is 10.6. The Morgan fingerprint density at radius 2 is 1.68 bits per heavy atom. The monoisotopic (exact) mass is 422 g/mol. The molecule has 31 heavy (non-hydrogen) atoms. The number of hydrogen-bond donors (Lipinski definition) is 1. The number of carbonyl (C=O) groups excluding carboxylic acids is 3. The molecule has 0 aliphatic heterocycles. The lowest BCUT2D eigenvalue weighted by Crippen LogP contribution is -2.20. The highest BCUT2D eigenvalue weighted by molar-refractivity contribution is 5.98. The van der Waals surface area contributed by atoms with Crippen LogP contribution in [0.2, 0.25) is 0 Å². The van der Waals surface area contributed by atoms with E-state index in [1.54, 1.807) is 60.9 Å². The standard InChI is InChI=1S/C24H23FN2O4/c1-4-31-24(30)18-7-11-20(12-8-18)26-23(29)14-27-15(2)21(16(3)28)13-22(27)17-5-9-19(25)10-6-17/h5-13H,4,14H2,1-3H3,(H,26,29). The molecule has 0 aliphatic carbocycles. The van der Waals surface area contributed by atoms with Gasteiger partial charge >= 0.3 is 5.97 Å². The second kappa shape index (κ2) is 9.38. The van der Waals surface area contributed by atoms with Crippen molar-refractivity contribution in [3.63, 3.8) is 0 Å². The Balaban J connectivity index is 1.83. The third-order valence-corrected chi connectivity index (χ3v) is 4.87. The Labute approximate surface area is 179 Å². The number of nitrogens with one attached hydrogen (secondary N) is 1. The first kappa shape index (κ1) is 22.0. The zero-order valence-electron chi connectivity index (χ0n) is 17.6. The van der Waals surface area contributed by atoms with Crippen LogP contribution in [0.15, 0.2) is 54.6 Å². The van der Waals surface area contributed by atoms with Gasteiger partial charge in [0.1, 0.15) is 12.4 Å². The van der Waals surface area contributed by atoms with Crippen LogP contribution in [0.1, 0.15) is 40.3 Å². The summed E-state index contributed by atoms with van der Waals surface area (Å²) in [6.45, 7) is 5.21. The van der Waals surface area contributed by atoms with E-state index in [4.69, 9.17) is 4.74 Å². The van der Waals surface area contributed by atoms with Crippen LogP contribution in [0, 0.1) is 12.7 Å². The van der Waals surface area contributed by atoms with Crippen LogP contribution in [-0.4, -0.2) is 28.8 Å². The van der Waals surface area contributed by atoms with E-state index in [9.17, 15) is 18.8 Å². The zero-order chi connectivity index (χ0) is 22.5. The predicted octanol–water partition coefficient (Wildman–Crippen LogP) is 4.62. The molecule has 1 heterocycles. The largest absolute Gasteiger partial charge is 0.462 e. The van der Waals surface area contributed by atoms with Crippen LogP contribution in [0.4, 0.5) is 10.1 Å². The summed E-state index contributed by atoms with van der Waals surface area (Å²) in [4.78, 5) is 36.5. The van der Waals surface area contributed by atoms with Gasteiger partial charge in [-0.15, -0.1) is 0 Å². The molecule has 0 saturated carbocycles. The Bertz CT molecular complexity index is 1120. The van der Waals surface area contributed by atoms with E-state index in [1.807, 2.05) is 0 Å². The molecule has 6 nitrogen and oxygen atoms in total. The van der Waals surface area contributed by atoms with E-state index in [0.717, 1.165) is 0 Å². The van der Waals surface area contributed by atoms with Gasteiger partial charge in [0, 0.05) is 22.6 Å². The fourth-order valence-corrected chi connectivity index (χ4v) is 3.31. The number of ketones is 1. The van der Waals surface area contributed by atoms with Gasteiger partial charge in [0.15, 0.2) is 5.78 Å². The van der Waals surface area contributed by atoms with Gasteiger partial charge in [-0.05, 0) is 80.9 Å². The van der Waals surface area contributed by atoms with Gasteiger partial charge < -0.3 is 14.6 Å². The van der Waals surface area contributed by atoms with Crippen molar-refractivity contribution in [2.24, 2.45) is 0 Å². The molecular weight excluding hydrogens is 399 g/mol. The maximum absolute atomic E-state index is 13.3. The van der Waals surface area contributed by atoms with Crippen molar-refractivity contribution in [2.45, 2.75) is 27.3 Å². The first-order valence-corrected chi connectivity index (χ1v) is 9.84. The number of aromatic nitrogens is 1. The van der Waals surface area contributed by atoms with E-state index in [-0.39, 0.29) is 30.7 Å². The highest BCUT2D eigenvalue weighted by Gasteiger charge is 2.18. The third-order valence-electron chi connectivity index (χ3n) is 4.87. The van der Waals surface area contributed by atoms with Crippen LogP contribution in [-0.2, 0) is 16.1 Å². The van der Waals surface area contributed by atoms with Gasteiger partial charge in [-0.25, -0.2) is 9.18 Å². The summed E-state index contributed by atoms with van der Waals surface area (Å²) in [5.74, 6) is -1.21. The number of benzene rings is 2. The molecule has 7 heteroatoms. The highest BCUT2D eigenvalue weighted by atomic mass is 19.1. The van der Waals surface area contributed by atoms with Crippen LogP contribution >= 0.6 is 0 Å². The van der Waals surface area contributed by atoms with Crippen molar-refractivity contribution in [3.8, 4) is 11.3 Å². The minimum Gasteiger partial charge on any atom is -0.462 e. The lowest BCUT2D eigenvalue weighted by Gasteiger charge is -2.13. The SMILES string of the molecule is CCOC(=O)c1ccc(NC(=O)Cn2c(-c3ccc(F)cc3)cc(C(C)=O)c2C)cc1. The molecule has 0 aliphatic rings. The quantitative estimate of drug-likeness (QED) is 0.445. The molecule has 1 aromatic heterocycles. The second-order valence-corrected chi connectivity index (χ2v) is 7.02. The van der Waals surface area contributed by atoms with Crippen LogP contribution in [0.25, 0.3) is 11.3 Å². The summed E-state index contributed by atoms with van der Waals surface area (Å²) in [5, 5.41) is 2.79. The molecule has 0 bridgehead atoms. The minimum atomic E-state index is -0.427. The Kier molecular flexibility index (Phi) is 6.65. The van der Waals surface area contributed by atoms with Gasteiger partial charge in [-0.1, -0.05) is 0 Å². The third kappa shape index (κ3) is 5.06. The van der Waals surface area contributed by atoms with Crippen molar-refractivity contribution >= 4 is 23.3 Å². The number of amides is 1. The first-order valence-electron chi connectivity index (χ1n) is 9.84. The summed E-state index contributed by atoms with van der Waals surface area (Å²) in [6.07, 6.45) is 0. The van der Waals surface area contributed by atoms with Crippen molar-refractivity contribution in [3.05, 3.63) is 77.2 Å². The van der Waals surface area contributed by atoms with Gasteiger partial charge in [-0.2, -0.15) is 0 Å². The molecular formula is C24H23FN2O4. The van der Waals surface area contributed by atoms with Crippen molar-refractivity contribution in [1.29, 1.82) is 0 Å². The zero-order valence-corrected chi connectivity index (χ0v) is 17.6. The van der Waals surface area contributed by atoms with E-state index >= 15 is 0 Å². The molecule has 160 valence electrons. The number of esters is 1. The van der Waals surface area contributed by atoms with E-state index in [2.05, 4.69) is 5.32 Å². The number of halogens is 1. The molecule has 0 fully saturated rings. The molecule has 0 spiro atoms. The molecule has 3 aromatic rings. The molecule has 1 amide bonds. The molecule has 0 unspecified atom stereocenters. The topological polar surface area (TPSA) is 77.4 Å². The van der Waals surface area contributed by atoms with Gasteiger partial charge in [0.2, 0.25) is 5.91 Å². The first-order chi connectivity index (χ1) is 14.8. The number of Topliss-reactive ketones (excluding diaryl/α,β-unsaturated/α-hetero) is 1. The van der Waals surface area contributed by atoms with Crippen LogP contribution in [0.5, 0.6) is 0 Å². The smallest absolute Gasteiger partial charge is 0.338 e. The molecule has 0 saturated heterocycles. The van der Waals surface area contributed by atoms with Crippen molar-refractivity contribution in [2.75, 3.05) is 11.9 Å². The minimum absolute atomic E-state index is 0.0363. The average molecular weight is 422 g/mol. The number of nitrogens with zero attached hydrogens (tertiary/aromatic N) is 1. The van der Waals surface area contributed by atoms with E-state index in [1.165, 1.54) is 19.1 Å². The van der Waals surface area contributed by atoms with E-state index < -0.39 is 5.97 Å². The van der Waals surface area contributed by atoms with Crippen molar-refractivity contribution in [1.82, 2.24) is 4.57 Å². The fourth-order valence-electron chi connectivity index (χ4n) is 3.31. The summed E-state index contributed by atoms with van der Waals surface area (Å²) in [5.41, 5.74) is 3.42. The van der Waals surface area contributed by atoms with Gasteiger partial charge in [0.25, 0.3) is 0 Å². The highest BCUT2D eigenvalue weighted by Crippen LogP contribution is 2.27. The lowest BCUT2D eigenvalue weighted by molar-refractivity contribution is -0.116. The Morgan fingerprint density at radius 1 is 1.03 bits per heavy atom. The van der Waals surface area contributed by atoms with Crippen LogP contribution < -0.4 is 5.32 Å². The average Bonchev–Trinajstić information content (AvgIpc) is 3.06. The number of hydrogen-bond acceptors (Lipinski definition) is 4.